The minimum Gasteiger partial charge on any atom is -0.390 e. The number of allylic oxidation sites excluding steroid dienone is 2. The summed E-state index contributed by atoms with van der Waals surface area (Å²) >= 11 is 0. The van der Waals surface area contributed by atoms with E-state index >= 15 is 0 Å². The van der Waals surface area contributed by atoms with Crippen LogP contribution in [0, 0.1) is 0 Å². The SMILES string of the molecule is CCCCCCCCC/C=C/CCCC(O)C(O)C(COP(=O)(O)OCC[N+](C)(C)C)NC(=O)CCCCCCCCCCCCCCCCCCCCCCCCCCC. The van der Waals surface area contributed by atoms with Gasteiger partial charge in [0.15, 0.2) is 0 Å². The molecule has 9 nitrogen and oxygen atoms in total. The summed E-state index contributed by atoms with van der Waals surface area (Å²) in [6.07, 6.45) is 47.2. The Kier molecular flexibility index (Phi) is 42.5. The largest absolute Gasteiger partial charge is 0.472 e. The van der Waals surface area contributed by atoms with Crippen molar-refractivity contribution in [2.24, 2.45) is 0 Å². The number of likely N-dealkylation sites (N-methyl/N-ethyl adjacent to an activating group) is 1. The number of carbonyl (C=O) groups excluding carboxylic acids is 1. The lowest BCUT2D eigenvalue weighted by Gasteiger charge is -2.28. The number of nitrogens with zero attached hydrogens (tertiary/aromatic N) is 1. The molecule has 0 saturated heterocycles. The standard InChI is InChI=1S/C51H103N2O7P/c1-6-8-10-12-14-16-18-20-21-22-23-24-25-26-27-28-29-30-31-32-34-36-38-40-42-44-50(55)52-48(47-60-61(57,58)59-46-45-53(3,4)5)51(56)49(54)43-41-39-37-35-33-19-17-15-13-11-9-7-2/h35,37,48-49,51,54,56H,6-34,36,38-47H2,1-5H3,(H-,52,55,57,58)/p+1/b37-35+. The van der Waals surface area contributed by atoms with Crippen LogP contribution in [-0.4, -0.2) is 84.6 Å². The molecule has 0 aliphatic carbocycles. The first-order valence-corrected chi connectivity index (χ1v) is 27.6. The molecule has 0 aromatic rings. The van der Waals surface area contributed by atoms with Gasteiger partial charge in [-0.25, -0.2) is 4.57 Å². The predicted octanol–water partition coefficient (Wildman–Crippen LogP) is 14.1. The van der Waals surface area contributed by atoms with Crippen molar-refractivity contribution in [1.29, 1.82) is 0 Å². The van der Waals surface area contributed by atoms with E-state index < -0.39 is 32.7 Å². The highest BCUT2D eigenvalue weighted by atomic mass is 31.2. The third kappa shape index (κ3) is 44.2. The van der Waals surface area contributed by atoms with Gasteiger partial charge in [-0.1, -0.05) is 219 Å². The summed E-state index contributed by atoms with van der Waals surface area (Å²) in [7, 11) is 1.43. The molecule has 0 saturated carbocycles. The van der Waals surface area contributed by atoms with Crippen molar-refractivity contribution >= 4 is 13.7 Å². The first kappa shape index (κ1) is 60.2. The van der Waals surface area contributed by atoms with Gasteiger partial charge < -0.3 is 24.9 Å². The van der Waals surface area contributed by atoms with Crippen LogP contribution in [-0.2, 0) is 18.4 Å². The van der Waals surface area contributed by atoms with Crippen LogP contribution in [0.5, 0.6) is 0 Å². The summed E-state index contributed by atoms with van der Waals surface area (Å²) in [4.78, 5) is 23.2. The van der Waals surface area contributed by atoms with E-state index in [2.05, 4.69) is 31.3 Å². The molecule has 61 heavy (non-hydrogen) atoms. The van der Waals surface area contributed by atoms with Crippen LogP contribution in [0.3, 0.4) is 0 Å². The molecule has 0 heterocycles. The number of phosphoric ester groups is 1. The van der Waals surface area contributed by atoms with Gasteiger partial charge in [0.2, 0.25) is 5.91 Å². The lowest BCUT2D eigenvalue weighted by Crippen LogP contribution is -2.51. The van der Waals surface area contributed by atoms with E-state index in [-0.39, 0.29) is 12.5 Å². The first-order chi connectivity index (χ1) is 29.4. The van der Waals surface area contributed by atoms with Gasteiger partial charge in [0.1, 0.15) is 19.3 Å². The van der Waals surface area contributed by atoms with Gasteiger partial charge in [0.05, 0.1) is 39.9 Å². The fraction of sp³-hybridized carbons (Fsp3) is 0.941. The molecule has 0 aliphatic heterocycles. The van der Waals surface area contributed by atoms with Crippen molar-refractivity contribution < 1.29 is 38.0 Å². The topological polar surface area (TPSA) is 125 Å². The number of amides is 1. The second-order valence-electron chi connectivity index (χ2n) is 19.4. The number of rotatable bonds is 48. The number of carbonyl (C=O) groups is 1. The molecule has 1 amide bonds. The van der Waals surface area contributed by atoms with Crippen molar-refractivity contribution in [3.63, 3.8) is 0 Å². The van der Waals surface area contributed by atoms with Gasteiger partial charge in [-0.3, -0.25) is 13.8 Å². The third-order valence-corrected chi connectivity index (χ3v) is 13.1. The van der Waals surface area contributed by atoms with Crippen LogP contribution in [0.25, 0.3) is 0 Å². The van der Waals surface area contributed by atoms with Crippen molar-refractivity contribution in [3.8, 4) is 0 Å². The fourth-order valence-electron chi connectivity index (χ4n) is 7.91. The molecule has 0 bridgehead atoms. The highest BCUT2D eigenvalue weighted by Crippen LogP contribution is 2.43. The number of unbranched alkanes of at least 4 members (excludes halogenated alkanes) is 32. The predicted molar refractivity (Wildman–Crippen MR) is 260 cm³/mol. The van der Waals surface area contributed by atoms with Crippen molar-refractivity contribution in [1.82, 2.24) is 5.32 Å². The van der Waals surface area contributed by atoms with Gasteiger partial charge in [0, 0.05) is 6.42 Å². The van der Waals surface area contributed by atoms with Crippen LogP contribution >= 0.6 is 7.82 Å². The second kappa shape index (κ2) is 43.1. The normalized spacial score (nSPS) is 14.7. The lowest BCUT2D eigenvalue weighted by molar-refractivity contribution is -0.870. The number of nitrogens with one attached hydrogen (secondary N) is 1. The minimum atomic E-state index is -4.42. The van der Waals surface area contributed by atoms with E-state index in [0.717, 1.165) is 32.1 Å². The van der Waals surface area contributed by atoms with Crippen molar-refractivity contribution in [2.45, 2.75) is 270 Å². The molecule has 4 unspecified atom stereocenters. The van der Waals surface area contributed by atoms with Crippen LogP contribution < -0.4 is 5.32 Å². The summed E-state index contributed by atoms with van der Waals surface area (Å²) in [6.45, 7) is 4.60. The second-order valence-corrected chi connectivity index (χ2v) is 20.8. The monoisotopic (exact) mass is 888 g/mol. The number of hydrogen-bond acceptors (Lipinski definition) is 6. The maximum absolute atomic E-state index is 13.0. The Morgan fingerprint density at radius 1 is 0.557 bits per heavy atom. The van der Waals surface area contributed by atoms with E-state index in [1.54, 1.807) is 0 Å². The Morgan fingerprint density at radius 2 is 0.918 bits per heavy atom. The summed E-state index contributed by atoms with van der Waals surface area (Å²) in [6, 6.07) is -1.04. The van der Waals surface area contributed by atoms with Crippen LogP contribution in [0.1, 0.15) is 251 Å². The number of aliphatic hydroxyl groups excluding tert-OH is 2. The van der Waals surface area contributed by atoms with Crippen LogP contribution in [0.4, 0.5) is 0 Å². The quantitative estimate of drug-likeness (QED) is 0.0207. The molecule has 0 aromatic carbocycles. The van der Waals surface area contributed by atoms with E-state index in [4.69, 9.17) is 9.05 Å². The zero-order valence-electron chi connectivity index (χ0n) is 41.0. The molecule has 0 aliphatic rings. The smallest absolute Gasteiger partial charge is 0.390 e. The summed E-state index contributed by atoms with van der Waals surface area (Å²) in [5.41, 5.74) is 0. The van der Waals surface area contributed by atoms with Crippen molar-refractivity contribution in [2.75, 3.05) is 40.9 Å². The highest BCUT2D eigenvalue weighted by Gasteiger charge is 2.31. The Balaban J connectivity index is 4.23. The molecule has 0 aromatic heterocycles. The molecule has 364 valence electrons. The van der Waals surface area contributed by atoms with Crippen LogP contribution in [0.2, 0.25) is 0 Å². The molecule has 0 radical (unpaired) electrons. The molecule has 10 heteroatoms. The van der Waals surface area contributed by atoms with Crippen molar-refractivity contribution in [3.05, 3.63) is 12.2 Å². The first-order valence-electron chi connectivity index (χ1n) is 26.1. The van der Waals surface area contributed by atoms with Crippen LogP contribution in [0.15, 0.2) is 12.2 Å². The molecule has 0 fully saturated rings. The van der Waals surface area contributed by atoms with E-state index in [9.17, 15) is 24.5 Å². The highest BCUT2D eigenvalue weighted by molar-refractivity contribution is 7.47. The maximum atomic E-state index is 13.0. The number of aliphatic hydroxyl groups is 2. The maximum Gasteiger partial charge on any atom is 0.472 e. The number of phosphoric acid groups is 1. The van der Waals surface area contributed by atoms with E-state index in [1.807, 2.05) is 21.1 Å². The number of quaternary nitrogens is 1. The molecule has 0 rings (SSSR count). The van der Waals surface area contributed by atoms with Gasteiger partial charge in [0.25, 0.3) is 0 Å². The average Bonchev–Trinajstić information content (AvgIpc) is 3.21. The Labute approximate surface area is 378 Å². The zero-order chi connectivity index (χ0) is 45.1. The lowest BCUT2D eigenvalue weighted by atomic mass is 10.0. The molecule has 0 spiro atoms. The Bertz CT molecular complexity index is 1020. The molecule has 4 N–H and O–H groups in total. The minimum absolute atomic E-state index is 0.0194. The third-order valence-electron chi connectivity index (χ3n) is 12.1. The van der Waals surface area contributed by atoms with Gasteiger partial charge in [-0.2, -0.15) is 0 Å². The molecule has 4 atom stereocenters. The van der Waals surface area contributed by atoms with E-state index in [0.29, 0.717) is 30.3 Å². The summed E-state index contributed by atoms with van der Waals surface area (Å²) < 4.78 is 23.5. The Morgan fingerprint density at radius 3 is 1.31 bits per heavy atom. The van der Waals surface area contributed by atoms with Gasteiger partial charge in [-0.15, -0.1) is 0 Å². The average molecular weight is 888 g/mol. The van der Waals surface area contributed by atoms with E-state index in [1.165, 1.54) is 186 Å². The summed E-state index contributed by atoms with van der Waals surface area (Å²) in [5.74, 6) is -0.263. The summed E-state index contributed by atoms with van der Waals surface area (Å²) in [5, 5.41) is 24.7. The fourth-order valence-corrected chi connectivity index (χ4v) is 8.65. The Hall–Kier alpha value is -0.800. The zero-order valence-corrected chi connectivity index (χ0v) is 41.9. The molecular formula is C51H104N2O7P+. The van der Waals surface area contributed by atoms with Gasteiger partial charge in [-0.05, 0) is 38.5 Å². The number of hydrogen-bond donors (Lipinski definition) is 4. The van der Waals surface area contributed by atoms with Gasteiger partial charge >= 0.3 is 7.82 Å². The molecular weight excluding hydrogens is 784 g/mol.